The van der Waals surface area contributed by atoms with Crippen molar-refractivity contribution in [1.29, 1.82) is 0 Å². The van der Waals surface area contributed by atoms with Gasteiger partial charge in [0.1, 0.15) is 12.1 Å². The molecule has 0 aliphatic heterocycles. The molecule has 6 nitrogen and oxygen atoms in total. The molecule has 1 N–H and O–H groups in total. The van der Waals surface area contributed by atoms with E-state index < -0.39 is 5.60 Å². The molecule has 0 saturated heterocycles. The van der Waals surface area contributed by atoms with Gasteiger partial charge < -0.3 is 14.6 Å². The first kappa shape index (κ1) is 23.6. The van der Waals surface area contributed by atoms with Gasteiger partial charge in [-0.1, -0.05) is 49.6 Å². The molecule has 7 heteroatoms. The summed E-state index contributed by atoms with van der Waals surface area (Å²) in [5.41, 5.74) is 1.28. The maximum atomic E-state index is 12.4. The fourth-order valence-electron chi connectivity index (χ4n) is 4.01. The van der Waals surface area contributed by atoms with Crippen LogP contribution in [-0.4, -0.2) is 39.3 Å². The first-order valence-electron chi connectivity index (χ1n) is 11.4. The van der Waals surface area contributed by atoms with Crippen molar-refractivity contribution in [2.24, 2.45) is 5.92 Å². The predicted molar refractivity (Wildman–Crippen MR) is 125 cm³/mol. The Hall–Kier alpha value is -2.02. The number of ether oxygens (including phenoxy) is 1. The van der Waals surface area contributed by atoms with Gasteiger partial charge in [0.25, 0.3) is 0 Å². The number of para-hydroxylation sites is 2. The normalized spacial score (nSPS) is 14.8. The lowest BCUT2D eigenvalue weighted by molar-refractivity contribution is -0.155. The molecule has 1 heterocycles. The van der Waals surface area contributed by atoms with Crippen molar-refractivity contribution in [3.8, 4) is 0 Å². The minimum absolute atomic E-state index is 0.137. The Morgan fingerprint density at radius 3 is 2.71 bits per heavy atom. The SMILES string of the molecule is CC(C)(C)OC(=O)Cn1c(SCCCNC(=O)CCC2CCCC2)nc2ccccc21. The Bertz CT molecular complexity index is 882. The highest BCUT2D eigenvalue weighted by molar-refractivity contribution is 7.99. The number of esters is 1. The fraction of sp³-hybridized carbons (Fsp3) is 0.625. The molecule has 0 atom stereocenters. The number of nitrogens with one attached hydrogen (secondary N) is 1. The van der Waals surface area contributed by atoms with E-state index in [2.05, 4.69) is 5.32 Å². The van der Waals surface area contributed by atoms with Gasteiger partial charge in [0.2, 0.25) is 5.91 Å². The van der Waals surface area contributed by atoms with Crippen molar-refractivity contribution in [2.75, 3.05) is 12.3 Å². The Balaban J connectivity index is 1.48. The van der Waals surface area contributed by atoms with E-state index in [0.29, 0.717) is 13.0 Å². The number of aromatic nitrogens is 2. The van der Waals surface area contributed by atoms with Crippen molar-refractivity contribution in [3.05, 3.63) is 24.3 Å². The molecular formula is C24H35N3O3S. The number of thioether (sulfide) groups is 1. The van der Waals surface area contributed by atoms with Gasteiger partial charge in [0.05, 0.1) is 11.0 Å². The summed E-state index contributed by atoms with van der Waals surface area (Å²) in [5.74, 6) is 1.46. The molecule has 1 aliphatic rings. The lowest BCUT2D eigenvalue weighted by Crippen LogP contribution is -2.26. The summed E-state index contributed by atoms with van der Waals surface area (Å²) in [6.45, 7) is 6.42. The number of hydrogen-bond donors (Lipinski definition) is 1. The number of carbonyl (C=O) groups excluding carboxylic acids is 2. The van der Waals surface area contributed by atoms with Crippen LogP contribution in [0.5, 0.6) is 0 Å². The summed E-state index contributed by atoms with van der Waals surface area (Å²) in [6, 6.07) is 7.82. The van der Waals surface area contributed by atoms with Crippen LogP contribution in [0, 0.1) is 5.92 Å². The lowest BCUT2D eigenvalue weighted by atomic mass is 10.0. The topological polar surface area (TPSA) is 73.2 Å². The van der Waals surface area contributed by atoms with E-state index in [1.54, 1.807) is 11.8 Å². The van der Waals surface area contributed by atoms with E-state index in [4.69, 9.17) is 9.72 Å². The maximum Gasteiger partial charge on any atom is 0.326 e. The third kappa shape index (κ3) is 7.56. The van der Waals surface area contributed by atoms with E-state index in [0.717, 1.165) is 40.7 Å². The van der Waals surface area contributed by atoms with E-state index in [1.165, 1.54) is 25.7 Å². The third-order valence-corrected chi connectivity index (χ3v) is 6.52. The molecule has 0 spiro atoms. The molecule has 0 bridgehead atoms. The molecule has 1 aromatic carbocycles. The zero-order valence-electron chi connectivity index (χ0n) is 19.0. The number of nitrogens with zero attached hydrogens (tertiary/aromatic N) is 2. The molecule has 2 aromatic rings. The summed E-state index contributed by atoms with van der Waals surface area (Å²) in [5, 5.41) is 3.84. The molecule has 0 unspecified atom stereocenters. The molecular weight excluding hydrogens is 410 g/mol. The van der Waals surface area contributed by atoms with Gasteiger partial charge in [0.15, 0.2) is 5.16 Å². The number of imidazole rings is 1. The van der Waals surface area contributed by atoms with Crippen LogP contribution < -0.4 is 5.32 Å². The summed E-state index contributed by atoms with van der Waals surface area (Å²) < 4.78 is 7.42. The van der Waals surface area contributed by atoms with Crippen molar-refractivity contribution >= 4 is 34.7 Å². The Morgan fingerprint density at radius 2 is 1.97 bits per heavy atom. The molecule has 1 saturated carbocycles. The Labute approximate surface area is 189 Å². The van der Waals surface area contributed by atoms with Gasteiger partial charge in [-0.05, 0) is 51.7 Å². The smallest absolute Gasteiger partial charge is 0.326 e. The van der Waals surface area contributed by atoms with E-state index >= 15 is 0 Å². The molecule has 0 radical (unpaired) electrons. The van der Waals surface area contributed by atoms with Crippen LogP contribution in [0.1, 0.15) is 65.7 Å². The predicted octanol–water partition coefficient (Wildman–Crippen LogP) is 4.95. The van der Waals surface area contributed by atoms with Crippen molar-refractivity contribution in [3.63, 3.8) is 0 Å². The Kier molecular flexibility index (Phi) is 8.41. The highest BCUT2D eigenvalue weighted by atomic mass is 32.2. The highest BCUT2D eigenvalue weighted by Crippen LogP contribution is 2.28. The third-order valence-electron chi connectivity index (χ3n) is 5.46. The molecule has 3 rings (SSSR count). The number of amides is 1. The number of fused-ring (bicyclic) bond motifs is 1. The van der Waals surface area contributed by atoms with Crippen LogP contribution >= 0.6 is 11.8 Å². The van der Waals surface area contributed by atoms with Crippen molar-refractivity contribution < 1.29 is 14.3 Å². The quantitative estimate of drug-likeness (QED) is 0.318. The number of rotatable bonds is 10. The zero-order valence-corrected chi connectivity index (χ0v) is 19.8. The van der Waals surface area contributed by atoms with Crippen molar-refractivity contribution in [2.45, 2.75) is 83.0 Å². The molecule has 1 fully saturated rings. The zero-order chi connectivity index (χ0) is 22.3. The first-order valence-corrected chi connectivity index (χ1v) is 12.4. The standard InChI is InChI=1S/C24H35N3O3S/c1-24(2,3)30-22(29)17-27-20-12-7-6-11-19(20)26-23(27)31-16-8-15-25-21(28)14-13-18-9-4-5-10-18/h6-7,11-12,18H,4-5,8-10,13-17H2,1-3H3,(H,25,28). The van der Waals surface area contributed by atoms with E-state index in [1.807, 2.05) is 49.6 Å². The monoisotopic (exact) mass is 445 g/mol. The number of hydrogen-bond acceptors (Lipinski definition) is 5. The molecule has 31 heavy (non-hydrogen) atoms. The van der Waals surface area contributed by atoms with Crippen LogP contribution in [0.3, 0.4) is 0 Å². The summed E-state index contributed by atoms with van der Waals surface area (Å²) in [6.07, 6.45) is 7.74. The summed E-state index contributed by atoms with van der Waals surface area (Å²) >= 11 is 1.61. The minimum Gasteiger partial charge on any atom is -0.459 e. The maximum absolute atomic E-state index is 12.4. The summed E-state index contributed by atoms with van der Waals surface area (Å²) in [7, 11) is 0. The van der Waals surface area contributed by atoms with Gasteiger partial charge in [0, 0.05) is 18.7 Å². The van der Waals surface area contributed by atoms with Gasteiger partial charge in [-0.3, -0.25) is 9.59 Å². The number of carbonyl (C=O) groups is 2. The second kappa shape index (κ2) is 11.0. The molecule has 1 amide bonds. The van der Waals surface area contributed by atoms with E-state index in [9.17, 15) is 9.59 Å². The fourth-order valence-corrected chi connectivity index (χ4v) is 4.96. The Morgan fingerprint density at radius 1 is 1.23 bits per heavy atom. The number of benzene rings is 1. The first-order chi connectivity index (χ1) is 14.8. The van der Waals surface area contributed by atoms with Crippen LogP contribution in [0.4, 0.5) is 0 Å². The van der Waals surface area contributed by atoms with Crippen LogP contribution in [0.25, 0.3) is 11.0 Å². The second-order valence-corrected chi connectivity index (χ2v) is 10.4. The van der Waals surface area contributed by atoms with E-state index in [-0.39, 0.29) is 18.4 Å². The largest absolute Gasteiger partial charge is 0.459 e. The van der Waals surface area contributed by atoms with Crippen LogP contribution in [-0.2, 0) is 20.9 Å². The molecule has 1 aliphatic carbocycles. The lowest BCUT2D eigenvalue weighted by Gasteiger charge is -2.20. The minimum atomic E-state index is -0.517. The average Bonchev–Trinajstić information content (AvgIpc) is 3.33. The molecule has 170 valence electrons. The highest BCUT2D eigenvalue weighted by Gasteiger charge is 2.20. The second-order valence-electron chi connectivity index (χ2n) is 9.30. The van der Waals surface area contributed by atoms with Crippen LogP contribution in [0.2, 0.25) is 0 Å². The molecule has 1 aromatic heterocycles. The van der Waals surface area contributed by atoms with Crippen LogP contribution in [0.15, 0.2) is 29.4 Å². The van der Waals surface area contributed by atoms with Crippen molar-refractivity contribution in [1.82, 2.24) is 14.9 Å². The average molecular weight is 446 g/mol. The van der Waals surface area contributed by atoms with Gasteiger partial charge >= 0.3 is 5.97 Å². The summed E-state index contributed by atoms with van der Waals surface area (Å²) in [4.78, 5) is 29.2. The van der Waals surface area contributed by atoms with Gasteiger partial charge in [-0.2, -0.15) is 0 Å². The van der Waals surface area contributed by atoms with Gasteiger partial charge in [-0.15, -0.1) is 0 Å². The van der Waals surface area contributed by atoms with Gasteiger partial charge in [-0.25, -0.2) is 4.98 Å².